The Labute approximate surface area is 812 Å². The van der Waals surface area contributed by atoms with E-state index in [1.165, 1.54) is 45.0 Å². The van der Waals surface area contributed by atoms with E-state index in [0.717, 1.165) is 88.9 Å². The Morgan fingerprint density at radius 1 is 0.250 bits per heavy atom. The number of hydrogen-bond acceptors (Lipinski definition) is 7. The van der Waals surface area contributed by atoms with Crippen molar-refractivity contribution in [1.29, 1.82) is 15.8 Å². The summed E-state index contributed by atoms with van der Waals surface area (Å²) in [6.45, 7) is 34.8. The van der Waals surface area contributed by atoms with Gasteiger partial charge >= 0.3 is 0 Å². The number of nitriles is 3. The summed E-state index contributed by atoms with van der Waals surface area (Å²) >= 11 is 0. The Morgan fingerprint density at radius 2 is 0.514 bits per heavy atom. The molecule has 20 aromatic carbocycles. The fraction of sp³-hybridized carbons (Fsp3) is 0.100. The van der Waals surface area contributed by atoms with Crippen LogP contribution in [0.2, 0.25) is 78.6 Å². The summed E-state index contributed by atoms with van der Waals surface area (Å²) in [5.41, 5.74) is 9.31. The van der Waals surface area contributed by atoms with Crippen LogP contribution in [0, 0.1) is 87.1 Å². The van der Waals surface area contributed by atoms with E-state index < -0.39 is 78.8 Å². The van der Waals surface area contributed by atoms with Crippen LogP contribution in [-0.2, 0) is 0 Å². The predicted octanol–water partition coefficient (Wildman–Crippen LogP) is 33.2. The smallest absolute Gasteiger partial charge is 0.187 e. The zero-order valence-corrected chi connectivity index (χ0v) is 82.9. The second-order valence-corrected chi connectivity index (χ2v) is 59.8. The molecule has 8 nitrogen and oxygen atoms in total. The largest absolute Gasteiger partial charge is 0.307 e. The molecule has 0 aliphatic heterocycles. The summed E-state index contributed by atoms with van der Waals surface area (Å²) in [5, 5.41) is 45.3. The number of anilines is 12. The van der Waals surface area contributed by atoms with Crippen molar-refractivity contribution in [2.24, 2.45) is 0 Å². The van der Waals surface area contributed by atoms with E-state index in [2.05, 4.69) is 150 Å². The normalized spacial score (nSPS) is 11.8. The number of hydrogen-bond donors (Lipinski definition) is 0. The van der Waals surface area contributed by atoms with Crippen molar-refractivity contribution in [1.82, 2.24) is 0 Å². The summed E-state index contributed by atoms with van der Waals surface area (Å²) in [6, 6.07) is 107. The van der Waals surface area contributed by atoms with Crippen LogP contribution in [0.4, 0.5) is 109 Å². The van der Waals surface area contributed by atoms with E-state index >= 15 is 35.1 Å². The van der Waals surface area contributed by atoms with Crippen molar-refractivity contribution in [2.75, 3.05) is 19.6 Å². The summed E-state index contributed by atoms with van der Waals surface area (Å²) in [4.78, 5) is 10.9. The highest BCUT2D eigenvalue weighted by molar-refractivity contribution is 6.90. The molecule has 0 aromatic heterocycles. The molecule has 684 valence electrons. The summed E-state index contributed by atoms with van der Waals surface area (Å²) in [7, 11) is -7.09. The first kappa shape index (κ1) is 93.0. The fourth-order valence-corrected chi connectivity index (χ4v) is 24.1. The van der Waals surface area contributed by atoms with Crippen molar-refractivity contribution < 1.29 is 35.1 Å². The van der Waals surface area contributed by atoms with Crippen LogP contribution in [0.3, 0.4) is 0 Å². The van der Waals surface area contributed by atoms with Gasteiger partial charge in [0.1, 0.15) is 23.3 Å². The molecule has 0 radical (unpaired) electrons. The summed E-state index contributed by atoms with van der Waals surface area (Å²) in [5.74, 6) is -6.25. The Kier molecular flexibility index (Phi) is 24.2. The monoisotopic (exact) mass is 1910 g/mol. The lowest BCUT2D eigenvalue weighted by Crippen LogP contribution is -2.37. The molecule has 0 unspecified atom stereocenters. The zero-order valence-electron chi connectivity index (χ0n) is 78.9. The van der Waals surface area contributed by atoms with Gasteiger partial charge in [-0.3, -0.25) is 0 Å². The molecule has 0 atom stereocenters. The lowest BCUT2D eigenvalue weighted by atomic mass is 9.91. The average molecular weight is 1910 g/mol. The molecule has 20 aromatic rings. The number of halogens is 8. The molecule has 0 saturated carbocycles. The zero-order chi connectivity index (χ0) is 98.4. The third-order valence-electron chi connectivity index (χ3n) is 26.4. The van der Waals surface area contributed by atoms with Crippen LogP contribution in [0.15, 0.2) is 340 Å². The van der Waals surface area contributed by atoms with Gasteiger partial charge in [-0.2, -0.15) is 15.8 Å². The molecule has 0 amide bonds. The van der Waals surface area contributed by atoms with Gasteiger partial charge in [0.25, 0.3) is 0 Å². The van der Waals surface area contributed by atoms with E-state index in [1.807, 2.05) is 165 Å². The molecule has 0 heterocycles. The molecule has 0 aliphatic rings. The minimum absolute atomic E-state index is 0.0745. The highest BCUT2D eigenvalue weighted by Crippen LogP contribution is 2.56. The molecule has 0 fully saturated rings. The van der Waals surface area contributed by atoms with Crippen LogP contribution in [0.25, 0.3) is 114 Å². The standard InChI is InChI=1S/2C60H46F4N4Si2/c1-66-44-13-9-12-41(31-44)52-33-43(62)35-54(64)60(52)68(46-20-24-48(25-21-46)70(5,6)7)56-29-17-39-14-26-49-55(28-16-38-15-27-50(56)58(39)57(38)49)67(45-18-22-47(23-19-45)69(2,3)4)59-51(32-42(61)34-53(59)63)40-11-8-10-37(30-40)36-65;1-69(2,3)45-23-19-43(20-24-45)67(59-51(31-41(61)33-53(59)63)47-13-9-7-11-39(47)35-65)55-29-17-37-16-28-50-56(30-18-38-15-27-49(55)57(37)58(38)50)68(44-21-25-46(26-22-44)70(4,5)6)60-52(32-42(62)34-54(60)64)48-14-10-8-12-40(48)36-66/h8-35H,2-7H3;7-34H,1-6H3. The third kappa shape index (κ3) is 17.2. The molecule has 0 bridgehead atoms. The Balaban J connectivity index is 0.000000178. The molecule has 0 saturated heterocycles. The van der Waals surface area contributed by atoms with Gasteiger partial charge in [-0.05, 0) is 182 Å². The maximum Gasteiger partial charge on any atom is 0.187 e. The molecule has 20 heteroatoms. The third-order valence-corrected chi connectivity index (χ3v) is 34.7. The lowest BCUT2D eigenvalue weighted by Gasteiger charge is -2.32. The predicted molar refractivity (Wildman–Crippen MR) is 573 cm³/mol. The van der Waals surface area contributed by atoms with E-state index in [0.29, 0.717) is 79.0 Å². The SMILES string of the molecule is C[Si](C)(C)c1ccc(N(c2c(F)cc(F)cc2-c2ccccc2C#N)c2ccc3ccc4c(N(c5ccc([Si](C)(C)C)cc5)c5c(F)cc(F)cc5-c5ccccc5C#N)ccc5ccc2c3c54)cc1.[C-]#[N+]c1cccc(-c2cc(F)cc(F)c2N(c2ccc([Si](C)(C)C)cc2)c2ccc3ccc4c(N(c5ccc([Si](C)(C)C)cc5)c5c(F)cc(F)cc5-c5cccc(C#N)c5)ccc5ccc2c3c54)c1. The van der Waals surface area contributed by atoms with E-state index in [9.17, 15) is 15.8 Å². The summed E-state index contributed by atoms with van der Waals surface area (Å²) < 4.78 is 130. The van der Waals surface area contributed by atoms with Crippen LogP contribution < -0.4 is 40.3 Å². The summed E-state index contributed by atoms with van der Waals surface area (Å²) in [6.07, 6.45) is 0. The van der Waals surface area contributed by atoms with Gasteiger partial charge in [0, 0.05) is 102 Å². The van der Waals surface area contributed by atoms with E-state index in [-0.39, 0.29) is 56.1 Å². The van der Waals surface area contributed by atoms with Gasteiger partial charge in [-0.1, -0.05) is 287 Å². The fourth-order valence-electron chi connectivity index (χ4n) is 19.5. The Bertz CT molecular complexity index is 8040. The first-order valence-electron chi connectivity index (χ1n) is 46.1. The molecule has 0 aliphatic carbocycles. The topological polar surface area (TPSA) is 88.7 Å². The highest BCUT2D eigenvalue weighted by Gasteiger charge is 2.35. The van der Waals surface area contributed by atoms with Crippen molar-refractivity contribution in [3.8, 4) is 62.7 Å². The van der Waals surface area contributed by atoms with E-state index in [4.69, 9.17) is 6.57 Å². The van der Waals surface area contributed by atoms with Crippen molar-refractivity contribution >= 4 is 192 Å². The maximum atomic E-state index is 17.1. The molecular formula is C120H92F8N8Si4. The van der Waals surface area contributed by atoms with Gasteiger partial charge in [0.2, 0.25) is 0 Å². The quantitative estimate of drug-likeness (QED) is 0.0325. The average Bonchev–Trinajstić information content (AvgIpc) is 0.715. The van der Waals surface area contributed by atoms with E-state index in [1.54, 1.807) is 97.1 Å². The van der Waals surface area contributed by atoms with Gasteiger partial charge in [-0.15, -0.1) is 0 Å². The lowest BCUT2D eigenvalue weighted by molar-refractivity contribution is 0.584. The van der Waals surface area contributed by atoms with Crippen LogP contribution in [-0.4, -0.2) is 32.3 Å². The molecule has 0 N–H and O–H groups in total. The first-order chi connectivity index (χ1) is 67.1. The second kappa shape index (κ2) is 36.5. The van der Waals surface area contributed by atoms with Gasteiger partial charge in [0.15, 0.2) is 29.0 Å². The molecule has 140 heavy (non-hydrogen) atoms. The van der Waals surface area contributed by atoms with Gasteiger partial charge in [0.05, 0.1) is 119 Å². The molecule has 0 spiro atoms. The maximum absolute atomic E-state index is 17.1. The highest BCUT2D eigenvalue weighted by atomic mass is 28.3. The molecular weight excluding hydrogens is 1820 g/mol. The second-order valence-electron chi connectivity index (χ2n) is 39.5. The number of rotatable bonds is 20. The van der Waals surface area contributed by atoms with Crippen molar-refractivity contribution in [3.05, 3.63) is 414 Å². The van der Waals surface area contributed by atoms with Crippen LogP contribution in [0.1, 0.15) is 16.7 Å². The van der Waals surface area contributed by atoms with Crippen LogP contribution >= 0.6 is 0 Å². The molecule has 20 rings (SSSR count). The number of benzene rings is 20. The Hall–Kier alpha value is -16.1. The first-order valence-corrected chi connectivity index (χ1v) is 60.1. The van der Waals surface area contributed by atoms with Crippen molar-refractivity contribution in [3.63, 3.8) is 0 Å². The minimum atomic E-state index is -1.78. The van der Waals surface area contributed by atoms with Gasteiger partial charge in [-0.25, -0.2) is 40.0 Å². The van der Waals surface area contributed by atoms with Crippen LogP contribution in [0.5, 0.6) is 0 Å². The Morgan fingerprint density at radius 3 is 0.793 bits per heavy atom. The minimum Gasteiger partial charge on any atom is -0.307 e. The van der Waals surface area contributed by atoms with Gasteiger partial charge < -0.3 is 19.6 Å². The number of nitrogens with zero attached hydrogens (tertiary/aromatic N) is 8. The van der Waals surface area contributed by atoms with Crippen molar-refractivity contribution in [2.45, 2.75) is 78.6 Å².